The number of methoxy groups -OCH3 is 1. The highest BCUT2D eigenvalue weighted by atomic mass is 16.7. The van der Waals surface area contributed by atoms with Crippen molar-refractivity contribution in [3.63, 3.8) is 0 Å². The van der Waals surface area contributed by atoms with Gasteiger partial charge in [-0.25, -0.2) is 0 Å². The molecule has 98 valence electrons. The van der Waals surface area contributed by atoms with Crippen molar-refractivity contribution in [1.29, 1.82) is 0 Å². The summed E-state index contributed by atoms with van der Waals surface area (Å²) >= 11 is 0. The lowest BCUT2D eigenvalue weighted by molar-refractivity contribution is -0.0730. The molecule has 18 heavy (non-hydrogen) atoms. The molecule has 0 amide bonds. The Labute approximate surface area is 106 Å². The van der Waals surface area contributed by atoms with Crippen molar-refractivity contribution in [3.8, 4) is 17.2 Å². The van der Waals surface area contributed by atoms with Crippen molar-refractivity contribution in [2.75, 3.05) is 7.11 Å². The molecule has 4 nitrogen and oxygen atoms in total. The van der Waals surface area contributed by atoms with Gasteiger partial charge in [-0.2, -0.15) is 0 Å². The molecule has 1 aromatic carbocycles. The Bertz CT molecular complexity index is 461. The summed E-state index contributed by atoms with van der Waals surface area (Å²) in [6, 6.07) is 3.65. The molecule has 1 atom stereocenters. The predicted molar refractivity (Wildman–Crippen MR) is 66.1 cm³/mol. The molecule has 1 heterocycles. The van der Waals surface area contributed by atoms with Gasteiger partial charge in [0.1, 0.15) is 0 Å². The normalized spacial score (nSPS) is 21.3. The minimum atomic E-state index is -0.579. The van der Waals surface area contributed by atoms with Crippen LogP contribution in [0.4, 0.5) is 0 Å². The fraction of sp³-hybridized carbons (Fsp3) is 0.571. The fourth-order valence-electron chi connectivity index (χ4n) is 2.76. The zero-order valence-electron chi connectivity index (χ0n) is 10.7. The van der Waals surface area contributed by atoms with Gasteiger partial charge in [-0.05, 0) is 31.9 Å². The van der Waals surface area contributed by atoms with Gasteiger partial charge in [-0.1, -0.05) is 0 Å². The lowest BCUT2D eigenvalue weighted by atomic mass is 10.1. The Kier molecular flexibility index (Phi) is 2.63. The van der Waals surface area contributed by atoms with E-state index in [9.17, 15) is 5.11 Å². The second kappa shape index (κ2) is 4.05. The molecule has 1 spiro atoms. The topological polar surface area (TPSA) is 47.9 Å². The van der Waals surface area contributed by atoms with E-state index in [2.05, 4.69) is 0 Å². The van der Waals surface area contributed by atoms with Crippen molar-refractivity contribution in [2.45, 2.75) is 44.5 Å². The van der Waals surface area contributed by atoms with Crippen LogP contribution in [-0.2, 0) is 0 Å². The number of benzene rings is 1. The van der Waals surface area contributed by atoms with Crippen LogP contribution < -0.4 is 14.2 Å². The van der Waals surface area contributed by atoms with Gasteiger partial charge < -0.3 is 19.3 Å². The van der Waals surface area contributed by atoms with E-state index in [0.717, 1.165) is 31.2 Å². The maximum Gasteiger partial charge on any atom is 0.251 e. The van der Waals surface area contributed by atoms with Crippen molar-refractivity contribution in [2.24, 2.45) is 0 Å². The Morgan fingerprint density at radius 2 is 1.89 bits per heavy atom. The number of aliphatic hydroxyl groups excluding tert-OH is 1. The van der Waals surface area contributed by atoms with Crippen LogP contribution in [0.1, 0.15) is 44.3 Å². The van der Waals surface area contributed by atoms with E-state index >= 15 is 0 Å². The summed E-state index contributed by atoms with van der Waals surface area (Å²) in [6.45, 7) is 1.73. The zero-order chi connectivity index (χ0) is 12.8. The van der Waals surface area contributed by atoms with Crippen LogP contribution in [0.5, 0.6) is 17.2 Å². The molecule has 0 saturated heterocycles. The molecule has 2 aliphatic rings. The average molecular weight is 250 g/mol. The maximum atomic E-state index is 9.81. The first-order valence-electron chi connectivity index (χ1n) is 6.42. The van der Waals surface area contributed by atoms with Crippen molar-refractivity contribution in [3.05, 3.63) is 17.7 Å². The van der Waals surface area contributed by atoms with Crippen molar-refractivity contribution >= 4 is 0 Å². The van der Waals surface area contributed by atoms with E-state index < -0.39 is 11.9 Å². The van der Waals surface area contributed by atoms with Gasteiger partial charge in [0.05, 0.1) is 13.2 Å². The van der Waals surface area contributed by atoms with Crippen LogP contribution in [0.2, 0.25) is 0 Å². The highest BCUT2D eigenvalue weighted by Crippen LogP contribution is 2.53. The molecule has 1 N–H and O–H groups in total. The van der Waals surface area contributed by atoms with Crippen LogP contribution in [0.3, 0.4) is 0 Å². The summed E-state index contributed by atoms with van der Waals surface area (Å²) in [5.41, 5.74) is 0.759. The van der Waals surface area contributed by atoms with E-state index in [-0.39, 0.29) is 0 Å². The molecule has 1 aromatic rings. The van der Waals surface area contributed by atoms with E-state index in [0.29, 0.717) is 17.2 Å². The van der Waals surface area contributed by atoms with Crippen molar-refractivity contribution in [1.82, 2.24) is 0 Å². The zero-order valence-corrected chi connectivity index (χ0v) is 10.7. The van der Waals surface area contributed by atoms with Crippen molar-refractivity contribution < 1.29 is 19.3 Å². The minimum absolute atomic E-state index is 0.527. The van der Waals surface area contributed by atoms with Gasteiger partial charge in [0, 0.05) is 18.4 Å². The summed E-state index contributed by atoms with van der Waals surface area (Å²) < 4.78 is 17.3. The van der Waals surface area contributed by atoms with Crippen LogP contribution in [0.15, 0.2) is 12.1 Å². The van der Waals surface area contributed by atoms with E-state index in [1.54, 1.807) is 14.0 Å². The largest absolute Gasteiger partial charge is 0.493 e. The molecule has 3 rings (SSSR count). The van der Waals surface area contributed by atoms with Gasteiger partial charge in [-0.3, -0.25) is 0 Å². The number of hydrogen-bond donors (Lipinski definition) is 1. The van der Waals surface area contributed by atoms with Gasteiger partial charge in [-0.15, -0.1) is 0 Å². The molecule has 4 heteroatoms. The molecule has 1 unspecified atom stereocenters. The number of hydrogen-bond acceptors (Lipinski definition) is 4. The third-order valence-corrected chi connectivity index (χ3v) is 3.72. The Hall–Kier alpha value is -1.42. The Morgan fingerprint density at radius 3 is 2.50 bits per heavy atom. The molecule has 0 aromatic heterocycles. The maximum absolute atomic E-state index is 9.81. The summed E-state index contributed by atoms with van der Waals surface area (Å²) in [5.74, 6) is 1.42. The second-order valence-electron chi connectivity index (χ2n) is 5.01. The fourth-order valence-corrected chi connectivity index (χ4v) is 2.76. The first-order valence-corrected chi connectivity index (χ1v) is 6.42. The van der Waals surface area contributed by atoms with Gasteiger partial charge in [0.25, 0.3) is 5.79 Å². The second-order valence-corrected chi connectivity index (χ2v) is 5.01. The van der Waals surface area contributed by atoms with E-state index in [1.165, 1.54) is 0 Å². The van der Waals surface area contributed by atoms with Gasteiger partial charge in [0.2, 0.25) is 5.75 Å². The van der Waals surface area contributed by atoms with Crippen LogP contribution in [-0.4, -0.2) is 18.0 Å². The SMILES string of the molecule is COc1ccc(C(C)O)c2c1OC1(CCCC1)O2. The highest BCUT2D eigenvalue weighted by Gasteiger charge is 2.46. The van der Waals surface area contributed by atoms with Gasteiger partial charge >= 0.3 is 0 Å². The first-order chi connectivity index (χ1) is 8.65. The molecule has 1 fully saturated rings. The molecule has 1 aliphatic carbocycles. The molecule has 1 aliphatic heterocycles. The molecule has 0 radical (unpaired) electrons. The standard InChI is InChI=1S/C14H18O4/c1-9(15)10-5-6-11(16-2)13-12(10)17-14(18-13)7-3-4-8-14/h5-6,9,15H,3-4,7-8H2,1-2H3. The summed E-state index contributed by atoms with van der Waals surface area (Å²) in [4.78, 5) is 0. The lowest BCUT2D eigenvalue weighted by Gasteiger charge is -2.21. The van der Waals surface area contributed by atoms with E-state index in [4.69, 9.17) is 14.2 Å². The summed E-state index contributed by atoms with van der Waals surface area (Å²) in [6.07, 6.45) is 3.43. The van der Waals surface area contributed by atoms with Crippen LogP contribution >= 0.6 is 0 Å². The molecule has 0 bridgehead atoms. The third-order valence-electron chi connectivity index (χ3n) is 3.72. The Balaban J connectivity index is 2.06. The third kappa shape index (κ3) is 1.63. The number of fused-ring (bicyclic) bond motifs is 1. The molecule has 1 saturated carbocycles. The predicted octanol–water partition coefficient (Wildman–Crippen LogP) is 2.79. The quantitative estimate of drug-likeness (QED) is 0.876. The van der Waals surface area contributed by atoms with E-state index in [1.807, 2.05) is 12.1 Å². The smallest absolute Gasteiger partial charge is 0.251 e. The molecular formula is C14H18O4. The lowest BCUT2D eigenvalue weighted by Crippen LogP contribution is -2.34. The minimum Gasteiger partial charge on any atom is -0.493 e. The number of ether oxygens (including phenoxy) is 3. The first kappa shape index (κ1) is 11.7. The highest BCUT2D eigenvalue weighted by molar-refractivity contribution is 5.58. The average Bonchev–Trinajstić information content (AvgIpc) is 2.94. The summed E-state index contributed by atoms with van der Waals surface area (Å²) in [5, 5.41) is 9.81. The Morgan fingerprint density at radius 1 is 1.22 bits per heavy atom. The number of aliphatic hydroxyl groups is 1. The monoisotopic (exact) mass is 250 g/mol. The molecular weight excluding hydrogens is 232 g/mol. The van der Waals surface area contributed by atoms with Gasteiger partial charge in [0.15, 0.2) is 11.5 Å². The van der Waals surface area contributed by atoms with Crippen LogP contribution in [0.25, 0.3) is 0 Å². The summed E-state index contributed by atoms with van der Waals surface area (Å²) in [7, 11) is 1.61. The number of rotatable bonds is 2. The van der Waals surface area contributed by atoms with Crippen LogP contribution in [0, 0.1) is 0 Å².